The van der Waals surface area contributed by atoms with E-state index in [2.05, 4.69) is 5.32 Å². The molecule has 0 aliphatic heterocycles. The van der Waals surface area contributed by atoms with E-state index in [1.54, 1.807) is 25.3 Å². The Morgan fingerprint density at radius 1 is 1.59 bits per heavy atom. The van der Waals surface area contributed by atoms with Gasteiger partial charge >= 0.3 is 0 Å². The summed E-state index contributed by atoms with van der Waals surface area (Å²) < 4.78 is 5.04. The molecule has 1 unspecified atom stereocenters. The van der Waals surface area contributed by atoms with Crippen LogP contribution in [-0.2, 0) is 4.74 Å². The standard InChI is InChI=1S/C12H15ClN2O2/c1-17-8-10(4-5-16)15-12-3-2-9(7-14)6-11(12)13/h2-3,6,10,15-16H,4-5,8H2,1H3. The number of nitriles is 1. The molecular formula is C12H15ClN2O2. The largest absolute Gasteiger partial charge is 0.396 e. The maximum absolute atomic E-state index is 8.92. The summed E-state index contributed by atoms with van der Waals surface area (Å²) >= 11 is 6.04. The SMILES string of the molecule is COCC(CCO)Nc1ccc(C#N)cc1Cl. The third kappa shape index (κ3) is 4.23. The normalized spacial score (nSPS) is 11.9. The molecule has 0 spiro atoms. The molecule has 0 saturated carbocycles. The molecule has 0 heterocycles. The lowest BCUT2D eigenvalue weighted by atomic mass is 10.2. The second-order valence-electron chi connectivity index (χ2n) is 3.62. The number of hydrogen-bond donors (Lipinski definition) is 2. The fourth-order valence-corrected chi connectivity index (χ4v) is 1.71. The van der Waals surface area contributed by atoms with E-state index in [0.29, 0.717) is 23.6 Å². The molecule has 92 valence electrons. The number of rotatable bonds is 6. The monoisotopic (exact) mass is 254 g/mol. The van der Waals surface area contributed by atoms with Crippen LogP contribution in [0, 0.1) is 11.3 Å². The van der Waals surface area contributed by atoms with Crippen molar-refractivity contribution in [1.29, 1.82) is 5.26 Å². The average molecular weight is 255 g/mol. The van der Waals surface area contributed by atoms with Gasteiger partial charge in [0.05, 0.1) is 35.0 Å². The molecule has 0 aliphatic rings. The molecule has 0 amide bonds. The number of methoxy groups -OCH3 is 1. The summed E-state index contributed by atoms with van der Waals surface area (Å²) in [6, 6.07) is 7.06. The van der Waals surface area contributed by atoms with Crippen molar-refractivity contribution in [2.75, 3.05) is 25.6 Å². The molecule has 17 heavy (non-hydrogen) atoms. The minimum absolute atomic E-state index is 0.00423. The number of halogens is 1. The summed E-state index contributed by atoms with van der Waals surface area (Å²) in [6.45, 7) is 0.561. The second kappa shape index (κ2) is 7.13. The van der Waals surface area contributed by atoms with Gasteiger partial charge in [0.15, 0.2) is 0 Å². The minimum atomic E-state index is -0.00423. The lowest BCUT2D eigenvalue weighted by molar-refractivity contribution is 0.170. The van der Waals surface area contributed by atoms with E-state index in [4.69, 9.17) is 26.7 Å². The van der Waals surface area contributed by atoms with Crippen molar-refractivity contribution in [2.24, 2.45) is 0 Å². The van der Waals surface area contributed by atoms with E-state index in [-0.39, 0.29) is 12.6 Å². The third-order valence-electron chi connectivity index (χ3n) is 2.30. The quantitative estimate of drug-likeness (QED) is 0.815. The van der Waals surface area contributed by atoms with Crippen molar-refractivity contribution in [3.63, 3.8) is 0 Å². The zero-order chi connectivity index (χ0) is 12.7. The van der Waals surface area contributed by atoms with Gasteiger partial charge in [0.2, 0.25) is 0 Å². The molecule has 5 heteroatoms. The lowest BCUT2D eigenvalue weighted by Crippen LogP contribution is -2.26. The van der Waals surface area contributed by atoms with Crippen molar-refractivity contribution >= 4 is 17.3 Å². The zero-order valence-corrected chi connectivity index (χ0v) is 10.4. The Bertz CT molecular complexity index is 398. The van der Waals surface area contributed by atoms with Crippen molar-refractivity contribution in [1.82, 2.24) is 0 Å². The fraction of sp³-hybridized carbons (Fsp3) is 0.417. The van der Waals surface area contributed by atoms with Crippen LogP contribution in [-0.4, -0.2) is 31.5 Å². The Kier molecular flexibility index (Phi) is 5.78. The van der Waals surface area contributed by atoms with Crippen molar-refractivity contribution in [3.8, 4) is 6.07 Å². The molecule has 2 N–H and O–H groups in total. The third-order valence-corrected chi connectivity index (χ3v) is 2.62. The zero-order valence-electron chi connectivity index (χ0n) is 9.61. The number of nitrogens with zero attached hydrogens (tertiary/aromatic N) is 1. The van der Waals surface area contributed by atoms with E-state index < -0.39 is 0 Å². The summed E-state index contributed by atoms with van der Waals surface area (Å²) in [5.41, 5.74) is 1.26. The highest BCUT2D eigenvalue weighted by Crippen LogP contribution is 2.23. The Balaban J connectivity index is 2.75. The van der Waals surface area contributed by atoms with Gasteiger partial charge < -0.3 is 15.2 Å². The molecule has 0 saturated heterocycles. The summed E-state index contributed by atoms with van der Waals surface area (Å²) in [5, 5.41) is 21.3. The average Bonchev–Trinajstić information content (AvgIpc) is 2.32. The van der Waals surface area contributed by atoms with Gasteiger partial charge in [0.25, 0.3) is 0 Å². The van der Waals surface area contributed by atoms with Crippen LogP contribution in [0.25, 0.3) is 0 Å². The molecule has 1 atom stereocenters. The Morgan fingerprint density at radius 2 is 2.35 bits per heavy atom. The maximum Gasteiger partial charge on any atom is 0.0992 e. The Labute approximate surface area is 106 Å². The van der Waals surface area contributed by atoms with Crippen LogP contribution in [0.2, 0.25) is 5.02 Å². The summed E-state index contributed by atoms with van der Waals surface area (Å²) in [6.07, 6.45) is 0.574. The maximum atomic E-state index is 8.92. The van der Waals surface area contributed by atoms with Gasteiger partial charge in [-0.15, -0.1) is 0 Å². The molecular weight excluding hydrogens is 240 g/mol. The number of anilines is 1. The molecule has 1 aromatic rings. The molecule has 1 aromatic carbocycles. The first-order valence-electron chi connectivity index (χ1n) is 5.27. The summed E-state index contributed by atoms with van der Waals surface area (Å²) in [5.74, 6) is 0. The Morgan fingerprint density at radius 3 is 2.88 bits per heavy atom. The number of nitrogens with one attached hydrogen (secondary N) is 1. The molecule has 1 rings (SSSR count). The van der Waals surface area contributed by atoms with Gasteiger partial charge in [-0.3, -0.25) is 0 Å². The van der Waals surface area contributed by atoms with Crippen LogP contribution >= 0.6 is 11.6 Å². The van der Waals surface area contributed by atoms with Crippen LogP contribution in [0.3, 0.4) is 0 Å². The Hall–Kier alpha value is -1.28. The molecule has 4 nitrogen and oxygen atoms in total. The van der Waals surface area contributed by atoms with Crippen molar-refractivity contribution in [3.05, 3.63) is 28.8 Å². The highest BCUT2D eigenvalue weighted by Gasteiger charge is 2.10. The summed E-state index contributed by atoms with van der Waals surface area (Å²) in [7, 11) is 1.60. The number of aliphatic hydroxyl groups excluding tert-OH is 1. The van der Waals surface area contributed by atoms with Crippen LogP contribution in [0.5, 0.6) is 0 Å². The number of ether oxygens (including phenoxy) is 1. The predicted octanol–water partition coefficient (Wildman–Crippen LogP) is 2.02. The van der Waals surface area contributed by atoms with Crippen LogP contribution in [0.1, 0.15) is 12.0 Å². The van der Waals surface area contributed by atoms with E-state index in [9.17, 15) is 0 Å². The minimum Gasteiger partial charge on any atom is -0.396 e. The molecule has 0 fully saturated rings. The van der Waals surface area contributed by atoms with Crippen LogP contribution in [0.15, 0.2) is 18.2 Å². The van der Waals surface area contributed by atoms with Crippen LogP contribution in [0.4, 0.5) is 5.69 Å². The van der Waals surface area contributed by atoms with Gasteiger partial charge in [-0.1, -0.05) is 11.6 Å². The fourth-order valence-electron chi connectivity index (χ4n) is 1.48. The first-order valence-corrected chi connectivity index (χ1v) is 5.65. The molecule has 0 radical (unpaired) electrons. The highest BCUT2D eigenvalue weighted by molar-refractivity contribution is 6.33. The predicted molar refractivity (Wildman–Crippen MR) is 67.2 cm³/mol. The smallest absolute Gasteiger partial charge is 0.0992 e. The van der Waals surface area contributed by atoms with Gasteiger partial charge in [0, 0.05) is 13.7 Å². The molecule has 0 aromatic heterocycles. The molecule has 0 bridgehead atoms. The number of benzene rings is 1. The number of aliphatic hydroxyl groups is 1. The first-order chi connectivity index (χ1) is 8.21. The highest BCUT2D eigenvalue weighted by atomic mass is 35.5. The van der Waals surface area contributed by atoms with Gasteiger partial charge in [-0.25, -0.2) is 0 Å². The van der Waals surface area contributed by atoms with Crippen molar-refractivity contribution in [2.45, 2.75) is 12.5 Å². The summed E-state index contributed by atoms with van der Waals surface area (Å²) in [4.78, 5) is 0. The second-order valence-corrected chi connectivity index (χ2v) is 4.02. The van der Waals surface area contributed by atoms with Crippen LogP contribution < -0.4 is 5.32 Å². The van der Waals surface area contributed by atoms with E-state index in [1.807, 2.05) is 6.07 Å². The van der Waals surface area contributed by atoms with E-state index in [1.165, 1.54) is 0 Å². The van der Waals surface area contributed by atoms with Crippen molar-refractivity contribution < 1.29 is 9.84 Å². The lowest BCUT2D eigenvalue weighted by Gasteiger charge is -2.19. The van der Waals surface area contributed by atoms with Gasteiger partial charge in [-0.2, -0.15) is 5.26 Å². The molecule has 0 aliphatic carbocycles. The van der Waals surface area contributed by atoms with Gasteiger partial charge in [0.1, 0.15) is 0 Å². The topological polar surface area (TPSA) is 65.3 Å². The first kappa shape index (κ1) is 13.8. The number of hydrogen-bond acceptors (Lipinski definition) is 4. The van der Waals surface area contributed by atoms with Gasteiger partial charge in [-0.05, 0) is 24.6 Å². The van der Waals surface area contributed by atoms with E-state index >= 15 is 0 Å². The van der Waals surface area contributed by atoms with E-state index in [0.717, 1.165) is 5.69 Å².